The van der Waals surface area contributed by atoms with Crippen LogP contribution in [0.5, 0.6) is 0 Å². The maximum atomic E-state index is 13.6. The molecular formula is C46H51F2N7O5S. The van der Waals surface area contributed by atoms with Crippen LogP contribution in [0.3, 0.4) is 0 Å². The molecule has 2 aromatic heterocycles. The van der Waals surface area contributed by atoms with E-state index in [4.69, 9.17) is 4.98 Å². The van der Waals surface area contributed by atoms with Crippen molar-refractivity contribution in [3.05, 3.63) is 88.2 Å². The minimum atomic E-state index is -2.79. The van der Waals surface area contributed by atoms with E-state index in [0.717, 1.165) is 84.8 Å². The SMILES string of the molecule is C=C1c2cccc(NCCC3CC4(C3)CN(C[C@H]3CC[C@H](c5nc6cc(C(C)(C)O)c(NC(=O)c7cccc(C(F)F)n7)cc6s5)CC3)C4)c2C(=O)N1C1CCC(=O)NC1=O. The molecule has 12 nitrogen and oxygen atoms in total. The zero-order valence-corrected chi connectivity index (χ0v) is 35.3. The number of aliphatic hydroxyl groups is 1. The monoisotopic (exact) mass is 851 g/mol. The van der Waals surface area contributed by atoms with Crippen molar-refractivity contribution in [2.24, 2.45) is 17.3 Å². The van der Waals surface area contributed by atoms with Gasteiger partial charge in [0.2, 0.25) is 11.8 Å². The van der Waals surface area contributed by atoms with Crippen molar-refractivity contribution in [2.75, 3.05) is 36.8 Å². The van der Waals surface area contributed by atoms with E-state index in [2.05, 4.69) is 32.4 Å². The fourth-order valence-corrected chi connectivity index (χ4v) is 11.6. The third-order valence-electron chi connectivity index (χ3n) is 13.4. The van der Waals surface area contributed by atoms with E-state index in [-0.39, 0.29) is 30.3 Å². The number of fused-ring (bicyclic) bond motifs is 2. The number of halogens is 2. The highest BCUT2D eigenvalue weighted by Crippen LogP contribution is 2.53. The number of aromatic nitrogens is 2. The summed E-state index contributed by atoms with van der Waals surface area (Å²) in [5, 5.41) is 20.7. The maximum Gasteiger partial charge on any atom is 0.280 e. The van der Waals surface area contributed by atoms with Crippen LogP contribution in [-0.2, 0) is 15.2 Å². The molecule has 5 heterocycles. The average molecular weight is 852 g/mol. The third kappa shape index (κ3) is 8.07. The maximum absolute atomic E-state index is 13.6. The summed E-state index contributed by atoms with van der Waals surface area (Å²) in [5.74, 6) is -0.00382. The molecule has 1 atom stereocenters. The normalized spacial score (nSPS) is 23.0. The lowest BCUT2D eigenvalue weighted by Gasteiger charge is -2.60. The summed E-state index contributed by atoms with van der Waals surface area (Å²) in [6.45, 7) is 11.6. The van der Waals surface area contributed by atoms with Crippen LogP contribution >= 0.6 is 11.3 Å². The number of alkyl halides is 2. The molecule has 2 aromatic carbocycles. The second-order valence-electron chi connectivity index (χ2n) is 18.4. The summed E-state index contributed by atoms with van der Waals surface area (Å²) in [4.78, 5) is 63.9. The van der Waals surface area contributed by atoms with Gasteiger partial charge in [0, 0.05) is 66.7 Å². The number of benzene rings is 2. The molecule has 2 aliphatic carbocycles. The van der Waals surface area contributed by atoms with Crippen molar-refractivity contribution in [1.29, 1.82) is 0 Å². The number of rotatable bonds is 12. The first kappa shape index (κ1) is 41.2. The molecule has 1 unspecified atom stereocenters. The largest absolute Gasteiger partial charge is 0.386 e. The molecule has 320 valence electrons. The summed E-state index contributed by atoms with van der Waals surface area (Å²) in [6.07, 6.45) is 5.57. The molecule has 3 aliphatic heterocycles. The average Bonchev–Trinajstić information content (AvgIpc) is 3.73. The van der Waals surface area contributed by atoms with Crippen LogP contribution in [0.15, 0.2) is 55.1 Å². The molecule has 15 heteroatoms. The predicted octanol–water partition coefficient (Wildman–Crippen LogP) is 7.83. The van der Waals surface area contributed by atoms with Crippen molar-refractivity contribution in [1.82, 2.24) is 25.1 Å². The summed E-state index contributed by atoms with van der Waals surface area (Å²) >= 11 is 1.61. The van der Waals surface area contributed by atoms with Gasteiger partial charge in [0.15, 0.2) is 0 Å². The zero-order chi connectivity index (χ0) is 42.8. The number of nitrogens with one attached hydrogen (secondary N) is 3. The zero-order valence-electron chi connectivity index (χ0n) is 34.4. The van der Waals surface area contributed by atoms with Crippen LogP contribution in [0.4, 0.5) is 20.2 Å². The number of pyridine rings is 1. The Morgan fingerprint density at radius 2 is 1.77 bits per heavy atom. The van der Waals surface area contributed by atoms with E-state index in [9.17, 15) is 33.1 Å². The molecule has 9 rings (SSSR count). The lowest BCUT2D eigenvalue weighted by atomic mass is 9.57. The van der Waals surface area contributed by atoms with E-state index in [1.165, 1.54) is 35.9 Å². The van der Waals surface area contributed by atoms with E-state index in [1.807, 2.05) is 30.3 Å². The van der Waals surface area contributed by atoms with Crippen LogP contribution in [0.2, 0.25) is 0 Å². The van der Waals surface area contributed by atoms with Crippen molar-refractivity contribution in [2.45, 2.75) is 95.6 Å². The number of hydrogen-bond donors (Lipinski definition) is 4. The van der Waals surface area contributed by atoms with Crippen molar-refractivity contribution < 1.29 is 33.1 Å². The smallest absolute Gasteiger partial charge is 0.280 e. The van der Waals surface area contributed by atoms with Crippen molar-refractivity contribution in [3.8, 4) is 0 Å². The van der Waals surface area contributed by atoms with Gasteiger partial charge in [-0.3, -0.25) is 29.4 Å². The number of amides is 4. The molecule has 5 aliphatic rings. The first-order valence-electron chi connectivity index (χ1n) is 21.3. The van der Waals surface area contributed by atoms with Gasteiger partial charge in [0.25, 0.3) is 18.2 Å². The molecule has 4 aromatic rings. The highest BCUT2D eigenvalue weighted by molar-refractivity contribution is 7.18. The van der Waals surface area contributed by atoms with E-state index >= 15 is 0 Å². The highest BCUT2D eigenvalue weighted by atomic mass is 32.1. The van der Waals surface area contributed by atoms with Gasteiger partial charge in [-0.15, -0.1) is 11.3 Å². The molecule has 2 saturated carbocycles. The number of hydrogen-bond acceptors (Lipinski definition) is 10. The molecule has 2 saturated heterocycles. The summed E-state index contributed by atoms with van der Waals surface area (Å²) in [5.41, 5.74) is 2.71. The summed E-state index contributed by atoms with van der Waals surface area (Å²) in [6, 6.07) is 12.5. The van der Waals surface area contributed by atoms with E-state index in [1.54, 1.807) is 25.2 Å². The number of piperidine rings is 1. The Bertz CT molecular complexity index is 2430. The second-order valence-corrected chi connectivity index (χ2v) is 19.4. The van der Waals surface area contributed by atoms with Crippen LogP contribution in [0.1, 0.15) is 127 Å². The first-order valence-corrected chi connectivity index (χ1v) is 22.2. The summed E-state index contributed by atoms with van der Waals surface area (Å²) < 4.78 is 27.4. The first-order chi connectivity index (χ1) is 29.1. The van der Waals surface area contributed by atoms with Crippen LogP contribution in [-0.4, -0.2) is 80.7 Å². The number of imide groups is 1. The van der Waals surface area contributed by atoms with E-state index < -0.39 is 35.6 Å². The van der Waals surface area contributed by atoms with Gasteiger partial charge >= 0.3 is 0 Å². The molecule has 0 radical (unpaired) electrons. The minimum Gasteiger partial charge on any atom is -0.386 e. The lowest BCUT2D eigenvalue weighted by Crippen LogP contribution is -2.63. The molecule has 1 spiro atoms. The van der Waals surface area contributed by atoms with Crippen molar-refractivity contribution in [3.63, 3.8) is 0 Å². The molecule has 61 heavy (non-hydrogen) atoms. The predicted molar refractivity (Wildman–Crippen MR) is 229 cm³/mol. The number of anilines is 2. The molecule has 4 fully saturated rings. The van der Waals surface area contributed by atoms with Gasteiger partial charge in [-0.25, -0.2) is 18.7 Å². The van der Waals surface area contributed by atoms with Crippen LogP contribution < -0.4 is 16.0 Å². The standard InChI is InChI=1S/C46H51F2N7O5S/c1-25-29-6-4-7-31(39(29)44(59)55(25)36-14-15-38(56)53-42(36)58)49-17-16-27-20-46(21-27)23-54(24-46)22-26-10-12-28(13-11-26)43-52-35-18-30(45(2,3)60)34(19-37(35)61-43)51-41(57)33-9-5-8-32(50-33)40(47)48/h4-9,18-19,26-28,36,40,49,60H,1,10-17,20-24H2,2-3H3,(H,51,57)(H,53,56,58)/t26-,28-,36?. The fraction of sp³-hybridized carbons (Fsp3) is 0.478. The van der Waals surface area contributed by atoms with Gasteiger partial charge in [0.05, 0.1) is 26.4 Å². The van der Waals surface area contributed by atoms with Crippen LogP contribution in [0, 0.1) is 17.3 Å². The third-order valence-corrected chi connectivity index (χ3v) is 14.6. The molecule has 4 amide bonds. The summed E-state index contributed by atoms with van der Waals surface area (Å²) in [7, 11) is 0. The number of likely N-dealkylation sites (tertiary alicyclic amines) is 1. The Morgan fingerprint density at radius 3 is 2.49 bits per heavy atom. The fourth-order valence-electron chi connectivity index (χ4n) is 10.5. The quantitative estimate of drug-likeness (QED) is 0.104. The number of nitrogens with zero attached hydrogens (tertiary/aromatic N) is 4. The Balaban J connectivity index is 0.732. The second kappa shape index (κ2) is 16.0. The number of thiazole rings is 1. The molecular weight excluding hydrogens is 801 g/mol. The Kier molecular flexibility index (Phi) is 10.8. The van der Waals surface area contributed by atoms with E-state index in [0.29, 0.717) is 45.7 Å². The minimum absolute atomic E-state index is 0.126. The van der Waals surface area contributed by atoms with Gasteiger partial charge in [0.1, 0.15) is 17.4 Å². The van der Waals surface area contributed by atoms with Gasteiger partial charge in [-0.1, -0.05) is 24.8 Å². The lowest BCUT2D eigenvalue weighted by molar-refractivity contribution is -0.136. The Morgan fingerprint density at radius 1 is 1.02 bits per heavy atom. The Hall–Kier alpha value is -5.12. The van der Waals surface area contributed by atoms with Crippen molar-refractivity contribution >= 4 is 62.3 Å². The Labute approximate surface area is 357 Å². The topological polar surface area (TPSA) is 157 Å². The van der Waals surface area contributed by atoms with Crippen LogP contribution in [0.25, 0.3) is 15.9 Å². The highest BCUT2D eigenvalue weighted by Gasteiger charge is 2.52. The van der Waals surface area contributed by atoms with Gasteiger partial charge < -0.3 is 20.6 Å². The van der Waals surface area contributed by atoms with Gasteiger partial charge in [-0.2, -0.15) is 0 Å². The van der Waals surface area contributed by atoms with Gasteiger partial charge in [-0.05, 0) is 113 Å². The molecule has 0 bridgehead atoms. The number of carbonyl (C=O) groups is 4. The molecule has 4 N–H and O–H groups in total. The number of carbonyl (C=O) groups excluding carboxylic acids is 4.